The van der Waals surface area contributed by atoms with Crippen molar-refractivity contribution in [3.63, 3.8) is 0 Å². The summed E-state index contributed by atoms with van der Waals surface area (Å²) in [5.74, 6) is 1.87. The first-order chi connectivity index (χ1) is 15.3. The second kappa shape index (κ2) is 9.92. The minimum atomic E-state index is -0.628. The second-order valence-corrected chi connectivity index (χ2v) is 11.5. The SMILES string of the molecule is C=C1C(=CC=C2CCC[C@]3(C)[C@@H]([C@H](C)CCC(O)c4nccs4)CC[C@@H]23)C[C@@H](O)C[C@@H]1O. The van der Waals surface area contributed by atoms with E-state index in [1.54, 1.807) is 6.20 Å². The molecule has 0 bridgehead atoms. The number of allylic oxidation sites excluding steroid dienone is 3. The number of rotatable bonds is 6. The maximum atomic E-state index is 10.5. The van der Waals surface area contributed by atoms with Gasteiger partial charge < -0.3 is 15.3 Å². The molecule has 0 aliphatic heterocycles. The standard InChI is InChI=1S/C27H39NO3S/c1-17(6-11-24(30)26-28-13-14-32-26)22-9-10-23-19(5-4-12-27(22,23)3)7-8-20-15-21(29)16-25(31)18(20)2/h7-8,13-14,17,21-25,29-31H,2,4-6,9-12,15-16H2,1,3H3/t17-,21-,22-,23+,24?,25+,27-/m1/s1. The molecule has 1 unspecified atom stereocenters. The maximum absolute atomic E-state index is 10.5. The molecule has 0 saturated heterocycles. The summed E-state index contributed by atoms with van der Waals surface area (Å²) in [6.45, 7) is 8.93. The van der Waals surface area contributed by atoms with Crippen LogP contribution in [0.25, 0.3) is 0 Å². The molecule has 5 heteroatoms. The number of nitrogens with zero attached hydrogens (tertiary/aromatic N) is 1. The van der Waals surface area contributed by atoms with Crippen LogP contribution < -0.4 is 0 Å². The Labute approximate surface area is 196 Å². The van der Waals surface area contributed by atoms with Crippen molar-refractivity contribution >= 4 is 11.3 Å². The van der Waals surface area contributed by atoms with Crippen molar-refractivity contribution in [2.75, 3.05) is 0 Å². The molecule has 3 N–H and O–H groups in total. The van der Waals surface area contributed by atoms with Crippen LogP contribution in [0.2, 0.25) is 0 Å². The van der Waals surface area contributed by atoms with Crippen LogP contribution in [-0.4, -0.2) is 32.5 Å². The van der Waals surface area contributed by atoms with Crippen molar-refractivity contribution in [3.8, 4) is 0 Å². The summed E-state index contributed by atoms with van der Waals surface area (Å²) < 4.78 is 0. The molecule has 32 heavy (non-hydrogen) atoms. The summed E-state index contributed by atoms with van der Waals surface area (Å²) in [6, 6.07) is 0. The first kappa shape index (κ1) is 23.9. The Morgan fingerprint density at radius 2 is 2.09 bits per heavy atom. The van der Waals surface area contributed by atoms with Crippen molar-refractivity contribution in [1.82, 2.24) is 4.98 Å². The monoisotopic (exact) mass is 457 g/mol. The molecule has 4 rings (SSSR count). The largest absolute Gasteiger partial charge is 0.393 e. The van der Waals surface area contributed by atoms with Gasteiger partial charge in [-0.05, 0) is 85.7 Å². The quantitative estimate of drug-likeness (QED) is 0.510. The van der Waals surface area contributed by atoms with E-state index in [1.165, 1.54) is 42.6 Å². The Bertz CT molecular complexity index is 860. The fraction of sp³-hybridized carbons (Fsp3) is 0.667. The highest BCUT2D eigenvalue weighted by Crippen LogP contribution is 2.60. The number of fused-ring (bicyclic) bond motifs is 1. The van der Waals surface area contributed by atoms with E-state index in [4.69, 9.17) is 0 Å². The highest BCUT2D eigenvalue weighted by molar-refractivity contribution is 7.09. The van der Waals surface area contributed by atoms with Crippen LogP contribution in [0.1, 0.15) is 82.7 Å². The third-order valence-corrected chi connectivity index (χ3v) is 9.50. The summed E-state index contributed by atoms with van der Waals surface area (Å²) in [6.07, 6.45) is 13.6. The van der Waals surface area contributed by atoms with Gasteiger partial charge in [0.15, 0.2) is 0 Å². The molecule has 176 valence electrons. The molecule has 0 radical (unpaired) electrons. The van der Waals surface area contributed by atoms with Gasteiger partial charge in [0.2, 0.25) is 0 Å². The van der Waals surface area contributed by atoms with Gasteiger partial charge in [-0.25, -0.2) is 4.98 Å². The molecular weight excluding hydrogens is 418 g/mol. The first-order valence-corrected chi connectivity index (χ1v) is 13.2. The lowest BCUT2D eigenvalue weighted by atomic mass is 9.60. The van der Waals surface area contributed by atoms with E-state index in [1.807, 2.05) is 5.38 Å². The topological polar surface area (TPSA) is 73.6 Å². The lowest BCUT2D eigenvalue weighted by molar-refractivity contribution is 0.0823. The van der Waals surface area contributed by atoms with Crippen LogP contribution in [0.4, 0.5) is 0 Å². The molecule has 3 saturated carbocycles. The molecule has 3 aliphatic carbocycles. The lowest BCUT2D eigenvalue weighted by Gasteiger charge is -2.44. The van der Waals surface area contributed by atoms with Gasteiger partial charge >= 0.3 is 0 Å². The van der Waals surface area contributed by atoms with E-state index in [2.05, 4.69) is 37.6 Å². The van der Waals surface area contributed by atoms with Crippen LogP contribution in [0, 0.1) is 23.2 Å². The fourth-order valence-electron chi connectivity index (χ4n) is 6.82. The van der Waals surface area contributed by atoms with Gasteiger partial charge in [0.25, 0.3) is 0 Å². The summed E-state index contributed by atoms with van der Waals surface area (Å²) in [4.78, 5) is 4.27. The molecule has 3 aliphatic rings. The summed E-state index contributed by atoms with van der Waals surface area (Å²) in [5, 5.41) is 33.5. The van der Waals surface area contributed by atoms with E-state index in [-0.39, 0.29) is 0 Å². The molecule has 0 aromatic carbocycles. The van der Waals surface area contributed by atoms with Gasteiger partial charge in [0.1, 0.15) is 11.1 Å². The first-order valence-electron chi connectivity index (χ1n) is 12.3. The van der Waals surface area contributed by atoms with Gasteiger partial charge in [0.05, 0.1) is 12.2 Å². The highest BCUT2D eigenvalue weighted by atomic mass is 32.1. The normalized spacial score (nSPS) is 37.6. The van der Waals surface area contributed by atoms with E-state index in [9.17, 15) is 15.3 Å². The molecule has 1 aromatic heterocycles. The molecule has 3 fully saturated rings. The lowest BCUT2D eigenvalue weighted by Crippen LogP contribution is -2.36. The predicted octanol–water partition coefficient (Wildman–Crippen LogP) is 5.73. The number of hydrogen-bond acceptors (Lipinski definition) is 5. The summed E-state index contributed by atoms with van der Waals surface area (Å²) >= 11 is 1.54. The fourth-order valence-corrected chi connectivity index (χ4v) is 7.48. The number of thiazole rings is 1. The highest BCUT2D eigenvalue weighted by Gasteiger charge is 2.50. The molecule has 7 atom stereocenters. The van der Waals surface area contributed by atoms with Gasteiger partial charge in [0, 0.05) is 18.0 Å². The van der Waals surface area contributed by atoms with Crippen molar-refractivity contribution in [3.05, 3.63) is 52.0 Å². The number of aliphatic hydroxyl groups excluding tert-OH is 3. The van der Waals surface area contributed by atoms with Crippen LogP contribution in [-0.2, 0) is 0 Å². The Balaban J connectivity index is 1.44. The molecule has 1 heterocycles. The molecule has 0 spiro atoms. The van der Waals surface area contributed by atoms with Gasteiger partial charge in [-0.15, -0.1) is 11.3 Å². The Kier molecular flexibility index (Phi) is 7.40. The maximum Gasteiger partial charge on any atom is 0.121 e. The van der Waals surface area contributed by atoms with E-state index in [0.29, 0.717) is 36.0 Å². The second-order valence-electron chi connectivity index (χ2n) is 10.6. The van der Waals surface area contributed by atoms with Crippen molar-refractivity contribution in [2.24, 2.45) is 23.2 Å². The van der Waals surface area contributed by atoms with Crippen molar-refractivity contribution < 1.29 is 15.3 Å². The minimum absolute atomic E-state index is 0.316. The zero-order chi connectivity index (χ0) is 22.9. The molecular formula is C27H39NO3S. The predicted molar refractivity (Wildman–Crippen MR) is 130 cm³/mol. The molecule has 1 aromatic rings. The zero-order valence-corrected chi connectivity index (χ0v) is 20.4. The van der Waals surface area contributed by atoms with Crippen molar-refractivity contribution in [1.29, 1.82) is 0 Å². The van der Waals surface area contributed by atoms with E-state index in [0.717, 1.165) is 35.4 Å². The average Bonchev–Trinajstić information content (AvgIpc) is 3.41. The number of aromatic nitrogens is 1. The zero-order valence-electron chi connectivity index (χ0n) is 19.5. The van der Waals surface area contributed by atoms with Gasteiger partial charge in [-0.2, -0.15) is 0 Å². The van der Waals surface area contributed by atoms with Crippen LogP contribution >= 0.6 is 11.3 Å². The Morgan fingerprint density at radius 1 is 1.28 bits per heavy atom. The summed E-state index contributed by atoms with van der Waals surface area (Å²) in [7, 11) is 0. The van der Waals surface area contributed by atoms with Gasteiger partial charge in [-0.1, -0.05) is 38.2 Å². The van der Waals surface area contributed by atoms with Crippen LogP contribution in [0.15, 0.2) is 47.0 Å². The van der Waals surface area contributed by atoms with E-state index < -0.39 is 18.3 Å². The Morgan fingerprint density at radius 3 is 2.84 bits per heavy atom. The summed E-state index contributed by atoms with van der Waals surface area (Å²) in [5.41, 5.74) is 3.61. The average molecular weight is 458 g/mol. The van der Waals surface area contributed by atoms with E-state index >= 15 is 0 Å². The number of hydrogen-bond donors (Lipinski definition) is 3. The van der Waals surface area contributed by atoms with Crippen molar-refractivity contribution in [2.45, 2.75) is 89.9 Å². The van der Waals surface area contributed by atoms with Gasteiger partial charge in [-0.3, -0.25) is 0 Å². The smallest absolute Gasteiger partial charge is 0.121 e. The van der Waals surface area contributed by atoms with Crippen LogP contribution in [0.3, 0.4) is 0 Å². The Hall–Kier alpha value is -1.27. The third kappa shape index (κ3) is 4.82. The van der Waals surface area contributed by atoms with Crippen LogP contribution in [0.5, 0.6) is 0 Å². The molecule has 0 amide bonds. The minimum Gasteiger partial charge on any atom is -0.393 e. The number of aliphatic hydroxyl groups is 3. The molecule has 4 nitrogen and oxygen atoms in total. The third-order valence-electron chi connectivity index (χ3n) is 8.62.